The van der Waals surface area contributed by atoms with Crippen molar-refractivity contribution in [2.75, 3.05) is 18.8 Å². The van der Waals surface area contributed by atoms with Crippen LogP contribution in [0.2, 0.25) is 0 Å². The van der Waals surface area contributed by atoms with Crippen molar-refractivity contribution >= 4 is 10.0 Å². The van der Waals surface area contributed by atoms with Crippen molar-refractivity contribution < 1.29 is 8.42 Å². The Labute approximate surface area is 127 Å². The molecule has 0 saturated carbocycles. The molecule has 1 aliphatic rings. The minimum Gasteiger partial charge on any atom is -0.306 e. The van der Waals surface area contributed by atoms with E-state index in [2.05, 4.69) is 17.2 Å². The average Bonchev–Trinajstić information content (AvgIpc) is 2.48. The van der Waals surface area contributed by atoms with Crippen molar-refractivity contribution in [3.05, 3.63) is 30.1 Å². The number of nitrogens with zero attached hydrogens (tertiary/aromatic N) is 2. The van der Waals surface area contributed by atoms with E-state index in [0.29, 0.717) is 25.6 Å². The molecule has 0 aliphatic carbocycles. The molecule has 1 aromatic rings. The molecule has 118 valence electrons. The number of piperidine rings is 1. The maximum absolute atomic E-state index is 12.0. The van der Waals surface area contributed by atoms with Gasteiger partial charge in [0.05, 0.1) is 11.4 Å². The maximum atomic E-state index is 12.0. The molecule has 0 bridgehead atoms. The van der Waals surface area contributed by atoms with E-state index in [1.165, 1.54) is 0 Å². The van der Waals surface area contributed by atoms with Gasteiger partial charge < -0.3 is 5.32 Å². The largest absolute Gasteiger partial charge is 0.306 e. The predicted octanol–water partition coefficient (Wildman–Crippen LogP) is 1.94. The lowest BCUT2D eigenvalue weighted by Gasteiger charge is -2.33. The highest BCUT2D eigenvalue weighted by Gasteiger charge is 2.27. The van der Waals surface area contributed by atoms with Gasteiger partial charge in [0, 0.05) is 31.4 Å². The van der Waals surface area contributed by atoms with E-state index >= 15 is 0 Å². The standard InChI is InChI=1S/C15H25N3O2S/c1-3-12-21(19,20)18-10-7-14(8-11-18)17-13(2)15-6-4-5-9-16-15/h4-6,9,13-14,17H,3,7-8,10-12H2,1-2H3. The first kappa shape index (κ1) is 16.4. The molecule has 5 nitrogen and oxygen atoms in total. The number of sulfonamides is 1. The zero-order valence-corrected chi connectivity index (χ0v) is 13.6. The quantitative estimate of drug-likeness (QED) is 0.872. The normalized spacial score (nSPS) is 19.5. The number of rotatable bonds is 6. The summed E-state index contributed by atoms with van der Waals surface area (Å²) < 4.78 is 25.7. The van der Waals surface area contributed by atoms with Gasteiger partial charge in [0.1, 0.15) is 0 Å². The van der Waals surface area contributed by atoms with Gasteiger partial charge in [-0.15, -0.1) is 0 Å². The molecular formula is C15H25N3O2S. The third kappa shape index (κ3) is 4.49. The monoisotopic (exact) mass is 311 g/mol. The van der Waals surface area contributed by atoms with Crippen LogP contribution < -0.4 is 5.32 Å². The molecule has 1 aliphatic heterocycles. The highest BCUT2D eigenvalue weighted by atomic mass is 32.2. The Balaban J connectivity index is 1.85. The van der Waals surface area contributed by atoms with Gasteiger partial charge in [-0.2, -0.15) is 0 Å². The summed E-state index contributed by atoms with van der Waals surface area (Å²) in [4.78, 5) is 4.35. The van der Waals surface area contributed by atoms with Crippen molar-refractivity contribution in [3.8, 4) is 0 Å². The summed E-state index contributed by atoms with van der Waals surface area (Å²) in [7, 11) is -3.04. The molecule has 0 amide bonds. The summed E-state index contributed by atoms with van der Waals surface area (Å²) in [5.41, 5.74) is 1.03. The summed E-state index contributed by atoms with van der Waals surface area (Å²) in [6.07, 6.45) is 4.20. The highest BCUT2D eigenvalue weighted by Crippen LogP contribution is 2.18. The van der Waals surface area contributed by atoms with Crippen molar-refractivity contribution in [2.24, 2.45) is 0 Å². The fourth-order valence-electron chi connectivity index (χ4n) is 2.76. The second kappa shape index (κ2) is 7.33. The van der Waals surface area contributed by atoms with E-state index in [4.69, 9.17) is 0 Å². The molecule has 0 aromatic carbocycles. The summed E-state index contributed by atoms with van der Waals surface area (Å²) in [5, 5.41) is 3.56. The van der Waals surface area contributed by atoms with Crippen LogP contribution in [0.4, 0.5) is 0 Å². The zero-order valence-electron chi connectivity index (χ0n) is 12.8. The first-order valence-electron chi connectivity index (χ1n) is 7.67. The van der Waals surface area contributed by atoms with Crippen LogP contribution in [0.5, 0.6) is 0 Å². The smallest absolute Gasteiger partial charge is 0.214 e. The van der Waals surface area contributed by atoms with E-state index in [1.54, 1.807) is 10.5 Å². The van der Waals surface area contributed by atoms with Gasteiger partial charge in [-0.05, 0) is 38.3 Å². The molecule has 1 unspecified atom stereocenters. The number of nitrogens with one attached hydrogen (secondary N) is 1. The summed E-state index contributed by atoms with van der Waals surface area (Å²) in [5.74, 6) is 0.259. The van der Waals surface area contributed by atoms with Crippen LogP contribution in [0.15, 0.2) is 24.4 Å². The molecule has 0 spiro atoms. The molecule has 1 aromatic heterocycles. The van der Waals surface area contributed by atoms with Crippen LogP contribution >= 0.6 is 0 Å². The van der Waals surface area contributed by atoms with Crippen molar-refractivity contribution in [1.82, 2.24) is 14.6 Å². The minimum absolute atomic E-state index is 0.190. The van der Waals surface area contributed by atoms with Crippen LogP contribution in [0.3, 0.4) is 0 Å². The molecule has 1 N–H and O–H groups in total. The topological polar surface area (TPSA) is 62.3 Å². The number of aromatic nitrogens is 1. The van der Waals surface area contributed by atoms with Gasteiger partial charge in [-0.3, -0.25) is 4.98 Å². The number of pyridine rings is 1. The Kier molecular flexibility index (Phi) is 5.72. The summed E-state index contributed by atoms with van der Waals surface area (Å²) in [6, 6.07) is 6.46. The first-order chi connectivity index (χ1) is 10.0. The van der Waals surface area contributed by atoms with Gasteiger partial charge in [0.25, 0.3) is 0 Å². The Morgan fingerprint density at radius 3 is 2.67 bits per heavy atom. The van der Waals surface area contributed by atoms with Crippen molar-refractivity contribution in [1.29, 1.82) is 0 Å². The lowest BCUT2D eigenvalue weighted by atomic mass is 10.0. The minimum atomic E-state index is -3.04. The molecule has 1 fully saturated rings. The van der Waals surface area contributed by atoms with Gasteiger partial charge in [-0.25, -0.2) is 12.7 Å². The molecule has 2 heterocycles. The molecule has 0 radical (unpaired) electrons. The Morgan fingerprint density at radius 2 is 2.10 bits per heavy atom. The lowest BCUT2D eigenvalue weighted by Crippen LogP contribution is -2.46. The third-order valence-electron chi connectivity index (χ3n) is 3.93. The van der Waals surface area contributed by atoms with Crippen LogP contribution in [-0.4, -0.2) is 42.6 Å². The summed E-state index contributed by atoms with van der Waals surface area (Å²) in [6.45, 7) is 5.24. The molecular weight excluding hydrogens is 286 g/mol. The van der Waals surface area contributed by atoms with Crippen LogP contribution in [0.1, 0.15) is 44.8 Å². The second-order valence-electron chi connectivity index (χ2n) is 5.63. The third-order valence-corrected chi connectivity index (χ3v) is 6.00. The van der Waals surface area contributed by atoms with Crippen molar-refractivity contribution in [3.63, 3.8) is 0 Å². The van der Waals surface area contributed by atoms with Gasteiger partial charge >= 0.3 is 0 Å². The Bertz CT molecular complexity index is 525. The lowest BCUT2D eigenvalue weighted by molar-refractivity contribution is 0.276. The number of hydrogen-bond acceptors (Lipinski definition) is 4. The van der Waals surface area contributed by atoms with Gasteiger partial charge in [0.2, 0.25) is 10.0 Å². The maximum Gasteiger partial charge on any atom is 0.214 e. The Hall–Kier alpha value is -0.980. The van der Waals surface area contributed by atoms with Crippen molar-refractivity contribution in [2.45, 2.75) is 45.2 Å². The van der Waals surface area contributed by atoms with Gasteiger partial charge in [-0.1, -0.05) is 13.0 Å². The van der Waals surface area contributed by atoms with E-state index in [9.17, 15) is 8.42 Å². The second-order valence-corrected chi connectivity index (χ2v) is 7.72. The fourth-order valence-corrected chi connectivity index (χ4v) is 4.30. The zero-order chi connectivity index (χ0) is 15.3. The fraction of sp³-hybridized carbons (Fsp3) is 0.667. The van der Waals surface area contributed by atoms with Gasteiger partial charge in [0.15, 0.2) is 0 Å². The van der Waals surface area contributed by atoms with E-state index in [0.717, 1.165) is 18.5 Å². The van der Waals surface area contributed by atoms with Crippen LogP contribution in [0.25, 0.3) is 0 Å². The molecule has 2 rings (SSSR count). The number of hydrogen-bond donors (Lipinski definition) is 1. The Morgan fingerprint density at radius 1 is 1.38 bits per heavy atom. The molecule has 21 heavy (non-hydrogen) atoms. The first-order valence-corrected chi connectivity index (χ1v) is 9.28. The summed E-state index contributed by atoms with van der Waals surface area (Å²) >= 11 is 0. The molecule has 6 heteroatoms. The molecule has 1 saturated heterocycles. The SMILES string of the molecule is CCCS(=O)(=O)N1CCC(NC(C)c2ccccn2)CC1. The van der Waals surface area contributed by atoms with E-state index in [-0.39, 0.29) is 11.8 Å². The van der Waals surface area contributed by atoms with Crippen LogP contribution in [0, 0.1) is 0 Å². The molecule has 1 atom stereocenters. The highest BCUT2D eigenvalue weighted by molar-refractivity contribution is 7.89. The predicted molar refractivity (Wildman–Crippen MR) is 84.5 cm³/mol. The van der Waals surface area contributed by atoms with E-state index < -0.39 is 10.0 Å². The average molecular weight is 311 g/mol. The van der Waals surface area contributed by atoms with Crippen LogP contribution in [-0.2, 0) is 10.0 Å². The van der Waals surface area contributed by atoms with E-state index in [1.807, 2.05) is 25.1 Å².